The molecule has 1 aromatic heterocycles. The minimum absolute atomic E-state index is 0.0282. The molecule has 0 bridgehead atoms. The summed E-state index contributed by atoms with van der Waals surface area (Å²) < 4.78 is 26.5. The fourth-order valence-electron chi connectivity index (χ4n) is 2.53. The summed E-state index contributed by atoms with van der Waals surface area (Å²) in [5, 5.41) is 30.9. The molecule has 4 N–H and O–H groups in total. The van der Waals surface area contributed by atoms with Crippen molar-refractivity contribution in [3.63, 3.8) is 0 Å². The van der Waals surface area contributed by atoms with Gasteiger partial charge in [-0.1, -0.05) is 23.4 Å². The molecule has 1 heterocycles. The van der Waals surface area contributed by atoms with E-state index in [1.165, 1.54) is 19.2 Å². The zero-order valence-corrected chi connectivity index (χ0v) is 15.3. The Labute approximate surface area is 155 Å². The third kappa shape index (κ3) is 3.52. The molecule has 0 aliphatic heterocycles. The smallest absolute Gasteiger partial charge is 0.242 e. The number of rotatable bonds is 5. The number of aromatic amines is 1. The molecule has 0 aliphatic carbocycles. The Morgan fingerprint density at radius 1 is 1.15 bits per heavy atom. The molecule has 0 aliphatic rings. The summed E-state index contributed by atoms with van der Waals surface area (Å²) in [5.74, 6) is -0.210. The molecule has 0 atom stereocenters. The standard InChI is InChI=1S/C17H17N5O4S/c1-10(22-24)11-7-8-13-12(9-11)16(17(23)19-13)21-20-14-5-3-4-6-15(14)27(25,26)18-2/h3-9,18-19,23-24H,1-2H3/b21-20?,22-10+. The second kappa shape index (κ2) is 7.17. The minimum atomic E-state index is -3.71. The van der Waals surface area contributed by atoms with Crippen molar-refractivity contribution in [1.29, 1.82) is 0 Å². The highest BCUT2D eigenvalue weighted by atomic mass is 32.2. The molecule has 0 fully saturated rings. The van der Waals surface area contributed by atoms with Gasteiger partial charge >= 0.3 is 0 Å². The number of H-pyrrole nitrogens is 1. The van der Waals surface area contributed by atoms with Gasteiger partial charge in [0.05, 0.1) is 11.2 Å². The third-order valence-corrected chi connectivity index (χ3v) is 5.46. The van der Waals surface area contributed by atoms with Crippen LogP contribution in [-0.2, 0) is 10.0 Å². The number of nitrogens with zero attached hydrogens (tertiary/aromatic N) is 3. The summed E-state index contributed by atoms with van der Waals surface area (Å²) in [4.78, 5) is 2.74. The highest BCUT2D eigenvalue weighted by Gasteiger charge is 2.17. The fraction of sp³-hybridized carbons (Fsp3) is 0.118. The molecule has 2 aromatic carbocycles. The molecule has 10 heteroatoms. The van der Waals surface area contributed by atoms with Crippen LogP contribution in [0.2, 0.25) is 0 Å². The first-order valence-corrected chi connectivity index (χ1v) is 9.33. The van der Waals surface area contributed by atoms with E-state index in [-0.39, 0.29) is 22.2 Å². The van der Waals surface area contributed by atoms with Crippen LogP contribution in [0.3, 0.4) is 0 Å². The first kappa shape index (κ1) is 18.5. The van der Waals surface area contributed by atoms with Crippen molar-refractivity contribution in [2.75, 3.05) is 7.05 Å². The zero-order valence-electron chi connectivity index (χ0n) is 14.5. The van der Waals surface area contributed by atoms with Gasteiger partial charge in [0, 0.05) is 5.39 Å². The summed E-state index contributed by atoms with van der Waals surface area (Å²) in [6.07, 6.45) is 0. The largest absolute Gasteiger partial charge is 0.493 e. The van der Waals surface area contributed by atoms with Gasteiger partial charge in [-0.15, -0.1) is 10.2 Å². The van der Waals surface area contributed by atoms with Crippen molar-refractivity contribution in [3.8, 4) is 5.88 Å². The second-order valence-corrected chi connectivity index (χ2v) is 7.50. The first-order valence-electron chi connectivity index (χ1n) is 7.85. The Balaban J connectivity index is 2.11. The van der Waals surface area contributed by atoms with Gasteiger partial charge in [0.25, 0.3) is 0 Å². The second-order valence-electron chi connectivity index (χ2n) is 5.64. The van der Waals surface area contributed by atoms with Crippen molar-refractivity contribution >= 4 is 38.0 Å². The SMILES string of the molecule is CNS(=O)(=O)c1ccccc1N=Nc1c(O)[nH]c2ccc(/C(C)=N/O)cc12. The van der Waals surface area contributed by atoms with Gasteiger partial charge in [-0.05, 0) is 43.8 Å². The van der Waals surface area contributed by atoms with E-state index in [4.69, 9.17) is 5.21 Å². The predicted molar refractivity (Wildman–Crippen MR) is 101 cm³/mol. The number of nitrogens with one attached hydrogen (secondary N) is 2. The van der Waals surface area contributed by atoms with Crippen LogP contribution in [0, 0.1) is 0 Å². The predicted octanol–water partition coefficient (Wildman–Crippen LogP) is 3.40. The van der Waals surface area contributed by atoms with E-state index in [1.54, 1.807) is 37.3 Å². The lowest BCUT2D eigenvalue weighted by Crippen LogP contribution is -2.18. The Bertz CT molecular complexity index is 1170. The van der Waals surface area contributed by atoms with Crippen LogP contribution >= 0.6 is 0 Å². The number of azo groups is 1. The first-order chi connectivity index (χ1) is 12.9. The average molecular weight is 387 g/mol. The molecule has 0 radical (unpaired) electrons. The molecule has 3 rings (SSSR count). The quantitative estimate of drug-likeness (QED) is 0.230. The lowest BCUT2D eigenvalue weighted by atomic mass is 10.1. The zero-order chi connectivity index (χ0) is 19.6. The maximum absolute atomic E-state index is 12.1. The number of oxime groups is 1. The van der Waals surface area contributed by atoms with E-state index in [0.717, 1.165) is 0 Å². The van der Waals surface area contributed by atoms with Gasteiger partial charge in [-0.2, -0.15) is 0 Å². The van der Waals surface area contributed by atoms with Crippen LogP contribution < -0.4 is 4.72 Å². The number of hydrogen-bond donors (Lipinski definition) is 4. The Morgan fingerprint density at radius 3 is 2.59 bits per heavy atom. The van der Waals surface area contributed by atoms with Crippen molar-refractivity contribution in [2.45, 2.75) is 11.8 Å². The molecule has 0 spiro atoms. The van der Waals surface area contributed by atoms with Gasteiger partial charge in [-0.25, -0.2) is 13.1 Å². The van der Waals surface area contributed by atoms with Gasteiger partial charge in [0.2, 0.25) is 15.9 Å². The molecule has 0 amide bonds. The van der Waals surface area contributed by atoms with E-state index < -0.39 is 10.0 Å². The van der Waals surface area contributed by atoms with E-state index in [9.17, 15) is 13.5 Å². The minimum Gasteiger partial charge on any atom is -0.493 e. The van der Waals surface area contributed by atoms with Crippen molar-refractivity contribution < 1.29 is 18.7 Å². The Hall–Kier alpha value is -3.24. The van der Waals surface area contributed by atoms with Crippen LogP contribution in [0.15, 0.2) is 62.7 Å². The number of sulfonamides is 1. The molecule has 0 saturated carbocycles. The highest BCUT2D eigenvalue weighted by molar-refractivity contribution is 7.89. The number of aromatic nitrogens is 1. The van der Waals surface area contributed by atoms with E-state index in [2.05, 4.69) is 25.1 Å². The maximum atomic E-state index is 12.1. The van der Waals surface area contributed by atoms with Crippen LogP contribution in [0.1, 0.15) is 12.5 Å². The lowest BCUT2D eigenvalue weighted by Gasteiger charge is -2.04. The van der Waals surface area contributed by atoms with Gasteiger partial charge in [0.15, 0.2) is 5.69 Å². The van der Waals surface area contributed by atoms with Crippen LogP contribution in [0.25, 0.3) is 10.9 Å². The van der Waals surface area contributed by atoms with Crippen molar-refractivity contribution in [2.24, 2.45) is 15.4 Å². The maximum Gasteiger partial charge on any atom is 0.242 e. The number of fused-ring (bicyclic) bond motifs is 1. The molecular formula is C17H17N5O4S. The van der Waals surface area contributed by atoms with Crippen LogP contribution in [0.4, 0.5) is 11.4 Å². The molecular weight excluding hydrogens is 370 g/mol. The number of benzene rings is 2. The normalized spacial score (nSPS) is 12.9. The monoisotopic (exact) mass is 387 g/mol. The summed E-state index contributed by atoms with van der Waals surface area (Å²) >= 11 is 0. The van der Waals surface area contributed by atoms with E-state index in [0.29, 0.717) is 22.2 Å². The van der Waals surface area contributed by atoms with Crippen molar-refractivity contribution in [1.82, 2.24) is 9.71 Å². The number of hydrogen-bond acceptors (Lipinski definition) is 7. The fourth-order valence-corrected chi connectivity index (χ4v) is 3.39. The van der Waals surface area contributed by atoms with Gasteiger partial charge in [-0.3, -0.25) is 0 Å². The van der Waals surface area contributed by atoms with Crippen LogP contribution in [-0.4, -0.2) is 36.5 Å². The molecule has 140 valence electrons. The highest BCUT2D eigenvalue weighted by Crippen LogP contribution is 2.37. The average Bonchev–Trinajstić information content (AvgIpc) is 3.00. The molecule has 0 saturated heterocycles. The summed E-state index contributed by atoms with van der Waals surface area (Å²) in [6, 6.07) is 11.3. The van der Waals surface area contributed by atoms with Crippen molar-refractivity contribution in [3.05, 3.63) is 48.0 Å². The Kier molecular flexibility index (Phi) is 4.93. The molecule has 9 nitrogen and oxygen atoms in total. The summed E-state index contributed by atoms with van der Waals surface area (Å²) in [5.41, 5.74) is 1.91. The molecule has 27 heavy (non-hydrogen) atoms. The summed E-state index contributed by atoms with van der Waals surface area (Å²) in [6.45, 7) is 1.63. The topological polar surface area (TPSA) is 140 Å². The molecule has 0 unspecified atom stereocenters. The number of aromatic hydroxyl groups is 1. The lowest BCUT2D eigenvalue weighted by molar-refractivity contribution is 0.319. The van der Waals surface area contributed by atoms with E-state index >= 15 is 0 Å². The van der Waals surface area contributed by atoms with Crippen LogP contribution in [0.5, 0.6) is 5.88 Å². The van der Waals surface area contributed by atoms with Gasteiger partial charge in [0.1, 0.15) is 10.6 Å². The van der Waals surface area contributed by atoms with Gasteiger partial charge < -0.3 is 15.3 Å². The summed E-state index contributed by atoms with van der Waals surface area (Å²) in [7, 11) is -2.40. The molecule has 3 aromatic rings. The third-order valence-electron chi connectivity index (χ3n) is 4.00. The Morgan fingerprint density at radius 2 is 1.89 bits per heavy atom. The van der Waals surface area contributed by atoms with E-state index in [1.807, 2.05) is 0 Å².